The lowest BCUT2D eigenvalue weighted by Crippen LogP contribution is -2.33. The molecule has 0 saturated carbocycles. The normalized spacial score (nSPS) is 14.3. The number of carboxylic acids is 1. The van der Waals surface area contributed by atoms with Gasteiger partial charge in [0.1, 0.15) is 29.0 Å². The third-order valence-electron chi connectivity index (χ3n) is 5.70. The highest BCUT2D eigenvalue weighted by Crippen LogP contribution is 2.35. The zero-order valence-corrected chi connectivity index (χ0v) is 21.4. The average molecular weight is 546 g/mol. The summed E-state index contributed by atoms with van der Waals surface area (Å²) in [7, 11) is 0. The molecule has 1 amide bonds. The molecule has 4 aromatic rings. The van der Waals surface area contributed by atoms with Gasteiger partial charge in [-0.3, -0.25) is 14.5 Å². The number of thioether (sulfide) groups is 1. The van der Waals surface area contributed by atoms with Gasteiger partial charge in [-0.05, 0) is 48.5 Å². The first-order valence-electron chi connectivity index (χ1n) is 11.5. The second-order valence-corrected chi connectivity index (χ2v) is 9.95. The van der Waals surface area contributed by atoms with E-state index in [-0.39, 0.29) is 16.7 Å². The van der Waals surface area contributed by atoms with E-state index < -0.39 is 18.4 Å². The Bertz CT molecular complexity index is 1550. The number of ether oxygens (including phenoxy) is 1. The lowest BCUT2D eigenvalue weighted by atomic mass is 10.1. The fraction of sp³-hybridized carbons (Fsp3) is 0.0714. The number of thiocarbonyl (C=S) groups is 1. The first-order chi connectivity index (χ1) is 18.4. The molecular weight excluding hydrogens is 525 g/mol. The van der Waals surface area contributed by atoms with Crippen LogP contribution >= 0.6 is 24.0 Å². The van der Waals surface area contributed by atoms with Gasteiger partial charge >= 0.3 is 5.97 Å². The van der Waals surface area contributed by atoms with Gasteiger partial charge in [-0.2, -0.15) is 5.10 Å². The molecule has 0 aliphatic carbocycles. The minimum Gasteiger partial charge on any atom is -0.489 e. The van der Waals surface area contributed by atoms with Crippen molar-refractivity contribution in [1.29, 1.82) is 0 Å². The number of carbonyl (C=O) groups is 2. The van der Waals surface area contributed by atoms with E-state index in [0.717, 1.165) is 27.9 Å². The highest BCUT2D eigenvalue weighted by Gasteiger charge is 2.33. The third-order valence-corrected chi connectivity index (χ3v) is 7.07. The molecule has 5 rings (SSSR count). The van der Waals surface area contributed by atoms with Crippen LogP contribution in [0.2, 0.25) is 0 Å². The van der Waals surface area contributed by atoms with Crippen molar-refractivity contribution in [2.24, 2.45) is 0 Å². The first-order valence-corrected chi connectivity index (χ1v) is 12.7. The van der Waals surface area contributed by atoms with Crippen molar-refractivity contribution in [3.63, 3.8) is 0 Å². The van der Waals surface area contributed by atoms with E-state index in [1.54, 1.807) is 47.3 Å². The molecule has 0 radical (unpaired) electrons. The van der Waals surface area contributed by atoms with Crippen LogP contribution in [0, 0.1) is 5.82 Å². The SMILES string of the molecule is O=C(O)CN1C(=O)/C(=C\c2cn(-c3ccccc3)nc2-c2ccc(OCc3ccccc3F)cc2)SC1=S. The van der Waals surface area contributed by atoms with Crippen molar-refractivity contribution in [1.82, 2.24) is 14.7 Å². The number of hydrogen-bond donors (Lipinski definition) is 1. The van der Waals surface area contributed by atoms with Crippen molar-refractivity contribution in [3.8, 4) is 22.7 Å². The summed E-state index contributed by atoms with van der Waals surface area (Å²) in [5.74, 6) is -1.36. The van der Waals surface area contributed by atoms with E-state index in [9.17, 15) is 14.0 Å². The maximum absolute atomic E-state index is 13.9. The highest BCUT2D eigenvalue weighted by atomic mass is 32.2. The Labute approximate surface area is 227 Å². The highest BCUT2D eigenvalue weighted by molar-refractivity contribution is 8.26. The van der Waals surface area contributed by atoms with Crippen LogP contribution in [0.4, 0.5) is 4.39 Å². The fourth-order valence-corrected chi connectivity index (χ4v) is 5.07. The van der Waals surface area contributed by atoms with Gasteiger partial charge in [0, 0.05) is 22.9 Å². The smallest absolute Gasteiger partial charge is 0.323 e. The maximum Gasteiger partial charge on any atom is 0.323 e. The van der Waals surface area contributed by atoms with Gasteiger partial charge in [-0.25, -0.2) is 9.07 Å². The Kier molecular flexibility index (Phi) is 7.34. The number of aromatic nitrogens is 2. The number of amides is 1. The van der Waals surface area contributed by atoms with E-state index in [2.05, 4.69) is 0 Å². The van der Waals surface area contributed by atoms with Gasteiger partial charge < -0.3 is 9.84 Å². The molecule has 3 aromatic carbocycles. The molecule has 190 valence electrons. The van der Waals surface area contributed by atoms with Gasteiger partial charge in [-0.15, -0.1) is 0 Å². The Hall–Kier alpha value is -4.28. The zero-order valence-electron chi connectivity index (χ0n) is 19.8. The Morgan fingerprint density at radius 3 is 2.47 bits per heavy atom. The summed E-state index contributed by atoms with van der Waals surface area (Å²) in [6, 6.07) is 23.2. The molecule has 0 atom stereocenters. The molecule has 0 unspecified atom stereocenters. The molecular formula is C28H20FN3O4S2. The van der Waals surface area contributed by atoms with Crippen LogP contribution in [0.25, 0.3) is 23.0 Å². The van der Waals surface area contributed by atoms with E-state index in [1.165, 1.54) is 6.07 Å². The predicted octanol–water partition coefficient (Wildman–Crippen LogP) is 5.54. The van der Waals surface area contributed by atoms with Crippen LogP contribution in [0.15, 0.2) is 90.0 Å². The largest absolute Gasteiger partial charge is 0.489 e. The Morgan fingerprint density at radius 2 is 1.76 bits per heavy atom. The summed E-state index contributed by atoms with van der Waals surface area (Å²) < 4.78 is 21.6. The maximum atomic E-state index is 13.9. The first kappa shape index (κ1) is 25.4. The summed E-state index contributed by atoms with van der Waals surface area (Å²) >= 11 is 6.28. The number of aliphatic carboxylic acids is 1. The number of carbonyl (C=O) groups excluding carboxylic acids is 1. The summed E-state index contributed by atoms with van der Waals surface area (Å²) in [6.45, 7) is -0.398. The summed E-state index contributed by atoms with van der Waals surface area (Å²) in [6.07, 6.45) is 3.47. The number of halogens is 1. The van der Waals surface area contributed by atoms with Crippen molar-refractivity contribution in [2.45, 2.75) is 6.61 Å². The molecule has 1 aliphatic heterocycles. The number of benzene rings is 3. The molecule has 10 heteroatoms. The number of carboxylic acid groups (broad SMARTS) is 1. The van der Waals surface area contributed by atoms with Crippen molar-refractivity contribution >= 4 is 46.3 Å². The van der Waals surface area contributed by atoms with E-state index >= 15 is 0 Å². The van der Waals surface area contributed by atoms with Gasteiger partial charge in [0.15, 0.2) is 0 Å². The minimum atomic E-state index is -1.14. The fourth-order valence-electron chi connectivity index (χ4n) is 3.83. The van der Waals surface area contributed by atoms with Crippen LogP contribution in [-0.4, -0.2) is 42.5 Å². The molecule has 7 nitrogen and oxygen atoms in total. The quantitative estimate of drug-likeness (QED) is 0.230. The monoisotopic (exact) mass is 545 g/mol. The molecule has 1 saturated heterocycles. The molecule has 2 heterocycles. The van der Waals surface area contributed by atoms with Gasteiger partial charge in [0.05, 0.1) is 16.3 Å². The van der Waals surface area contributed by atoms with Crippen LogP contribution in [0.3, 0.4) is 0 Å². The topological polar surface area (TPSA) is 84.7 Å². The van der Waals surface area contributed by atoms with Crippen LogP contribution in [0.1, 0.15) is 11.1 Å². The van der Waals surface area contributed by atoms with Crippen molar-refractivity contribution in [3.05, 3.63) is 107 Å². The number of rotatable bonds is 8. The number of para-hydroxylation sites is 1. The van der Waals surface area contributed by atoms with Crippen LogP contribution in [-0.2, 0) is 16.2 Å². The van der Waals surface area contributed by atoms with Crippen molar-refractivity contribution < 1.29 is 23.8 Å². The van der Waals surface area contributed by atoms with Crippen molar-refractivity contribution in [2.75, 3.05) is 6.54 Å². The third kappa shape index (κ3) is 5.51. The lowest BCUT2D eigenvalue weighted by molar-refractivity contribution is -0.140. The standard InChI is InChI=1S/C28H20FN3O4S2/c29-23-9-5-4-6-19(23)17-36-22-12-10-18(11-13-22)26-20(15-32(30-26)21-7-2-1-3-8-21)14-24-27(35)31(16-25(33)34)28(37)38-24/h1-15H,16-17H2,(H,33,34)/b24-14+. The van der Waals surface area contributed by atoms with Gasteiger partial charge in [0.2, 0.25) is 0 Å². The van der Waals surface area contributed by atoms with Gasteiger partial charge in [0.25, 0.3) is 5.91 Å². The number of nitrogens with zero attached hydrogens (tertiary/aromatic N) is 3. The molecule has 1 aliphatic rings. The zero-order chi connectivity index (χ0) is 26.6. The van der Waals surface area contributed by atoms with Crippen LogP contribution in [0.5, 0.6) is 5.75 Å². The molecule has 0 spiro atoms. The molecule has 0 bridgehead atoms. The second-order valence-electron chi connectivity index (χ2n) is 8.28. The Morgan fingerprint density at radius 1 is 1.05 bits per heavy atom. The molecule has 1 aromatic heterocycles. The predicted molar refractivity (Wildman–Crippen MR) is 147 cm³/mol. The van der Waals surface area contributed by atoms with E-state index in [4.69, 9.17) is 27.2 Å². The minimum absolute atomic E-state index is 0.0953. The summed E-state index contributed by atoms with van der Waals surface area (Å²) in [5, 5.41) is 13.9. The summed E-state index contributed by atoms with van der Waals surface area (Å²) in [4.78, 5) is 25.4. The van der Waals surface area contributed by atoms with Gasteiger partial charge in [-0.1, -0.05) is 60.4 Å². The molecule has 1 fully saturated rings. The second kappa shape index (κ2) is 11.0. The summed E-state index contributed by atoms with van der Waals surface area (Å²) in [5.41, 5.74) is 3.32. The van der Waals surface area contributed by atoms with E-state index in [1.807, 2.05) is 42.5 Å². The Balaban J connectivity index is 1.46. The number of hydrogen-bond acceptors (Lipinski definition) is 6. The van der Waals surface area contributed by atoms with Crippen LogP contribution < -0.4 is 4.74 Å². The molecule has 38 heavy (non-hydrogen) atoms. The molecule has 1 N–H and O–H groups in total. The lowest BCUT2D eigenvalue weighted by Gasteiger charge is -2.10. The van der Waals surface area contributed by atoms with E-state index in [0.29, 0.717) is 27.5 Å². The average Bonchev–Trinajstić information content (AvgIpc) is 3.45.